The molecule has 0 radical (unpaired) electrons. The van der Waals surface area contributed by atoms with E-state index in [-0.39, 0.29) is 5.82 Å². The standard InChI is InChI=1S/C16H20BrFN2/c1-5-6-19-13-8-12(9(2)3)20-16-10(4)7-11(17)15(18)14(13)16/h7-9H,5-6H2,1-4H3,(H,19,20). The van der Waals surface area contributed by atoms with E-state index in [9.17, 15) is 4.39 Å². The third-order valence-electron chi connectivity index (χ3n) is 3.34. The molecule has 0 amide bonds. The molecule has 0 saturated carbocycles. The summed E-state index contributed by atoms with van der Waals surface area (Å²) < 4.78 is 15.0. The molecule has 0 atom stereocenters. The number of anilines is 1. The average molecular weight is 339 g/mol. The summed E-state index contributed by atoms with van der Waals surface area (Å²) in [6, 6.07) is 3.76. The Bertz CT molecular complexity index is 638. The number of rotatable bonds is 4. The molecule has 20 heavy (non-hydrogen) atoms. The summed E-state index contributed by atoms with van der Waals surface area (Å²) in [6.07, 6.45) is 0.995. The molecule has 108 valence electrons. The number of halogens is 2. The van der Waals surface area contributed by atoms with Crippen LogP contribution in [0.2, 0.25) is 0 Å². The van der Waals surface area contributed by atoms with Crippen molar-refractivity contribution in [3.8, 4) is 0 Å². The SMILES string of the molecule is CCCNc1cc(C(C)C)nc2c(C)cc(Br)c(F)c12. The van der Waals surface area contributed by atoms with Gasteiger partial charge in [-0.15, -0.1) is 0 Å². The highest BCUT2D eigenvalue weighted by atomic mass is 79.9. The maximum atomic E-state index is 14.5. The van der Waals surface area contributed by atoms with Gasteiger partial charge in [-0.3, -0.25) is 4.98 Å². The zero-order valence-electron chi connectivity index (χ0n) is 12.3. The lowest BCUT2D eigenvalue weighted by molar-refractivity contribution is 0.632. The summed E-state index contributed by atoms with van der Waals surface area (Å²) in [5, 5.41) is 3.91. The number of aryl methyl sites for hydroxylation is 1. The van der Waals surface area contributed by atoms with E-state index in [0.29, 0.717) is 15.8 Å². The normalized spacial score (nSPS) is 11.3. The lowest BCUT2D eigenvalue weighted by atomic mass is 10.0. The van der Waals surface area contributed by atoms with E-state index in [2.05, 4.69) is 47.0 Å². The number of nitrogens with one attached hydrogen (secondary N) is 1. The maximum absolute atomic E-state index is 14.5. The van der Waals surface area contributed by atoms with Gasteiger partial charge < -0.3 is 5.32 Å². The van der Waals surface area contributed by atoms with Crippen LogP contribution >= 0.6 is 15.9 Å². The largest absolute Gasteiger partial charge is 0.384 e. The van der Waals surface area contributed by atoms with Crippen molar-refractivity contribution in [2.24, 2.45) is 0 Å². The van der Waals surface area contributed by atoms with Gasteiger partial charge in [0.25, 0.3) is 0 Å². The predicted octanol–water partition coefficient (Wildman–Crippen LogP) is 5.39. The third kappa shape index (κ3) is 2.80. The molecular weight excluding hydrogens is 319 g/mol. The molecule has 4 heteroatoms. The Hall–Kier alpha value is -1.16. The molecule has 0 aliphatic heterocycles. The fourth-order valence-corrected chi connectivity index (χ4v) is 2.75. The highest BCUT2D eigenvalue weighted by Crippen LogP contribution is 2.34. The van der Waals surface area contributed by atoms with Crippen molar-refractivity contribution in [2.45, 2.75) is 40.0 Å². The topological polar surface area (TPSA) is 24.9 Å². The summed E-state index contributed by atoms with van der Waals surface area (Å²) in [4.78, 5) is 4.64. The van der Waals surface area contributed by atoms with E-state index in [1.165, 1.54) is 0 Å². The number of hydrogen-bond acceptors (Lipinski definition) is 2. The Morgan fingerprint density at radius 1 is 1.35 bits per heavy atom. The Kier molecular flexibility index (Phi) is 4.63. The van der Waals surface area contributed by atoms with Gasteiger partial charge in [-0.1, -0.05) is 20.8 Å². The average Bonchev–Trinajstić information content (AvgIpc) is 2.41. The second-order valence-electron chi connectivity index (χ2n) is 5.39. The van der Waals surface area contributed by atoms with Crippen molar-refractivity contribution in [1.82, 2.24) is 4.98 Å². The van der Waals surface area contributed by atoms with Crippen molar-refractivity contribution in [3.05, 3.63) is 33.7 Å². The molecule has 0 aliphatic rings. The summed E-state index contributed by atoms with van der Waals surface area (Å²) in [5.74, 6) is 0.0692. The number of pyridine rings is 1. The van der Waals surface area contributed by atoms with Crippen LogP contribution in [0.4, 0.5) is 10.1 Å². The molecule has 2 aromatic rings. The molecule has 0 fully saturated rings. The number of nitrogens with zero attached hydrogens (tertiary/aromatic N) is 1. The quantitative estimate of drug-likeness (QED) is 0.808. The van der Waals surface area contributed by atoms with Gasteiger partial charge in [0.2, 0.25) is 0 Å². The monoisotopic (exact) mass is 338 g/mol. The second-order valence-corrected chi connectivity index (χ2v) is 6.24. The van der Waals surface area contributed by atoms with Crippen LogP contribution in [0.15, 0.2) is 16.6 Å². The molecule has 2 rings (SSSR count). The van der Waals surface area contributed by atoms with Crippen LogP contribution in [0, 0.1) is 12.7 Å². The highest BCUT2D eigenvalue weighted by Gasteiger charge is 2.16. The molecule has 0 spiro atoms. The van der Waals surface area contributed by atoms with E-state index in [1.807, 2.05) is 13.0 Å². The van der Waals surface area contributed by atoms with Crippen molar-refractivity contribution in [2.75, 3.05) is 11.9 Å². The van der Waals surface area contributed by atoms with E-state index >= 15 is 0 Å². The molecule has 1 heterocycles. The van der Waals surface area contributed by atoms with Gasteiger partial charge >= 0.3 is 0 Å². The summed E-state index contributed by atoms with van der Waals surface area (Å²) in [7, 11) is 0. The molecular formula is C16H20BrFN2. The minimum atomic E-state index is -0.244. The molecule has 1 aromatic heterocycles. The van der Waals surface area contributed by atoms with Crippen LogP contribution in [0.1, 0.15) is 44.4 Å². The second kappa shape index (κ2) is 6.08. The van der Waals surface area contributed by atoms with Gasteiger partial charge in [0, 0.05) is 17.9 Å². The van der Waals surface area contributed by atoms with Gasteiger partial charge in [-0.2, -0.15) is 0 Å². The van der Waals surface area contributed by atoms with Crippen LogP contribution in [0.3, 0.4) is 0 Å². The van der Waals surface area contributed by atoms with E-state index in [0.717, 1.165) is 35.4 Å². The van der Waals surface area contributed by atoms with Crippen LogP contribution in [-0.4, -0.2) is 11.5 Å². The Balaban J connectivity index is 2.77. The van der Waals surface area contributed by atoms with Gasteiger partial charge in [0.1, 0.15) is 5.82 Å². The molecule has 1 aromatic carbocycles. The van der Waals surface area contributed by atoms with Gasteiger partial charge in [0.05, 0.1) is 15.4 Å². The highest BCUT2D eigenvalue weighted by molar-refractivity contribution is 9.10. The van der Waals surface area contributed by atoms with Crippen LogP contribution in [0.25, 0.3) is 10.9 Å². The number of hydrogen-bond donors (Lipinski definition) is 1. The molecule has 0 saturated heterocycles. The first-order valence-electron chi connectivity index (χ1n) is 6.98. The summed E-state index contributed by atoms with van der Waals surface area (Å²) in [5.41, 5.74) is 3.55. The zero-order valence-corrected chi connectivity index (χ0v) is 13.9. The Morgan fingerprint density at radius 2 is 2.05 bits per heavy atom. The first kappa shape index (κ1) is 15.2. The fourth-order valence-electron chi connectivity index (χ4n) is 2.21. The number of benzene rings is 1. The molecule has 0 bridgehead atoms. The number of aromatic nitrogens is 1. The lowest BCUT2D eigenvalue weighted by Crippen LogP contribution is -2.05. The van der Waals surface area contributed by atoms with Gasteiger partial charge in [-0.25, -0.2) is 4.39 Å². The first-order chi connectivity index (χ1) is 9.45. The van der Waals surface area contributed by atoms with Gasteiger partial charge in [-0.05, 0) is 52.9 Å². The lowest BCUT2D eigenvalue weighted by Gasteiger charge is -2.15. The predicted molar refractivity (Wildman–Crippen MR) is 87.0 cm³/mol. The molecule has 1 N–H and O–H groups in total. The van der Waals surface area contributed by atoms with Crippen LogP contribution < -0.4 is 5.32 Å². The smallest absolute Gasteiger partial charge is 0.148 e. The van der Waals surface area contributed by atoms with Crippen molar-refractivity contribution < 1.29 is 4.39 Å². The maximum Gasteiger partial charge on any atom is 0.148 e. The minimum absolute atomic E-state index is 0.244. The summed E-state index contributed by atoms with van der Waals surface area (Å²) in [6.45, 7) is 9.08. The van der Waals surface area contributed by atoms with Crippen molar-refractivity contribution in [3.63, 3.8) is 0 Å². The Labute approximate surface area is 127 Å². The van der Waals surface area contributed by atoms with E-state index in [4.69, 9.17) is 0 Å². The fraction of sp³-hybridized carbons (Fsp3) is 0.438. The van der Waals surface area contributed by atoms with E-state index in [1.54, 1.807) is 6.07 Å². The summed E-state index contributed by atoms with van der Waals surface area (Å²) >= 11 is 3.29. The minimum Gasteiger partial charge on any atom is -0.384 e. The molecule has 0 aliphatic carbocycles. The van der Waals surface area contributed by atoms with Crippen LogP contribution in [-0.2, 0) is 0 Å². The van der Waals surface area contributed by atoms with Gasteiger partial charge in [0.15, 0.2) is 0 Å². The van der Waals surface area contributed by atoms with E-state index < -0.39 is 0 Å². The van der Waals surface area contributed by atoms with Crippen LogP contribution in [0.5, 0.6) is 0 Å². The third-order valence-corrected chi connectivity index (χ3v) is 3.92. The number of fused-ring (bicyclic) bond motifs is 1. The zero-order chi connectivity index (χ0) is 14.9. The first-order valence-corrected chi connectivity index (χ1v) is 7.78. The Morgan fingerprint density at radius 3 is 2.65 bits per heavy atom. The van der Waals surface area contributed by atoms with Crippen molar-refractivity contribution >= 4 is 32.5 Å². The molecule has 2 nitrogen and oxygen atoms in total. The van der Waals surface area contributed by atoms with Crippen molar-refractivity contribution in [1.29, 1.82) is 0 Å². The molecule has 0 unspecified atom stereocenters.